The Morgan fingerprint density at radius 2 is 1.78 bits per heavy atom. The smallest absolute Gasteiger partial charge is 0.294 e. The number of thiazole rings is 1. The molecule has 0 fully saturated rings. The van der Waals surface area contributed by atoms with Gasteiger partial charge >= 0.3 is 0 Å². The minimum atomic E-state index is -4.38. The van der Waals surface area contributed by atoms with Crippen LogP contribution in [0, 0.1) is 6.92 Å². The van der Waals surface area contributed by atoms with Crippen LogP contribution >= 0.6 is 23.1 Å². The highest BCUT2D eigenvalue weighted by Crippen LogP contribution is 2.45. The van der Waals surface area contributed by atoms with E-state index < -0.39 is 16.0 Å². The number of rotatable bonds is 3. The summed E-state index contributed by atoms with van der Waals surface area (Å²) in [6.07, 6.45) is 0. The number of para-hydroxylation sites is 1. The molecule has 0 radical (unpaired) electrons. The minimum absolute atomic E-state index is 0.167. The molecule has 186 valence electrons. The van der Waals surface area contributed by atoms with Gasteiger partial charge in [-0.1, -0.05) is 23.9 Å². The lowest BCUT2D eigenvalue weighted by atomic mass is 10.1. The summed E-state index contributed by atoms with van der Waals surface area (Å²) in [4.78, 5) is 29.8. The summed E-state index contributed by atoms with van der Waals surface area (Å²) < 4.78 is 35.0. The molecule has 0 unspecified atom stereocenters. The summed E-state index contributed by atoms with van der Waals surface area (Å²) in [5, 5.41) is 6.45. The number of hydrogen-bond donors (Lipinski definition) is 1. The Hall–Kier alpha value is -3.19. The van der Waals surface area contributed by atoms with Crippen molar-refractivity contribution in [3.63, 3.8) is 0 Å². The van der Waals surface area contributed by atoms with Crippen molar-refractivity contribution in [2.75, 3.05) is 17.0 Å². The quantitative estimate of drug-likeness (QED) is 0.506. The molecule has 9 nitrogen and oxygen atoms in total. The van der Waals surface area contributed by atoms with Gasteiger partial charge in [0.25, 0.3) is 21.6 Å². The monoisotopic (exact) mass is 542 g/mol. The molecular formula is C24H22N4O5S3. The van der Waals surface area contributed by atoms with E-state index >= 15 is 0 Å². The Kier molecular flexibility index (Phi) is 5.94. The van der Waals surface area contributed by atoms with Crippen LogP contribution in [0.3, 0.4) is 0 Å². The first-order valence-corrected chi connectivity index (χ1v) is 14.1. The van der Waals surface area contributed by atoms with Gasteiger partial charge in [0.05, 0.1) is 27.6 Å². The van der Waals surface area contributed by atoms with Gasteiger partial charge in [-0.15, -0.1) is 11.3 Å². The van der Waals surface area contributed by atoms with Gasteiger partial charge in [-0.2, -0.15) is 18.5 Å². The molecule has 2 aliphatic rings. The number of hydrazone groups is 1. The average Bonchev–Trinajstić information content (AvgIpc) is 3.43. The maximum atomic E-state index is 13.6. The van der Waals surface area contributed by atoms with Crippen LogP contribution in [0.1, 0.15) is 19.4 Å². The highest BCUT2D eigenvalue weighted by molar-refractivity contribution is 8.08. The van der Waals surface area contributed by atoms with Crippen molar-refractivity contribution in [3.8, 4) is 0 Å². The van der Waals surface area contributed by atoms with Gasteiger partial charge in [-0.25, -0.2) is 0 Å². The number of aryl methyl sites for hydroxylation is 1. The van der Waals surface area contributed by atoms with E-state index in [0.717, 1.165) is 15.6 Å². The van der Waals surface area contributed by atoms with Gasteiger partial charge in [0.1, 0.15) is 14.2 Å². The predicted molar refractivity (Wildman–Crippen MR) is 143 cm³/mol. The number of fused-ring (bicyclic) bond motifs is 1. The topological polar surface area (TPSA) is 112 Å². The van der Waals surface area contributed by atoms with Gasteiger partial charge in [0.2, 0.25) is 0 Å². The van der Waals surface area contributed by atoms with E-state index in [1.54, 1.807) is 18.4 Å². The summed E-state index contributed by atoms with van der Waals surface area (Å²) in [5.41, 5.74) is 2.47. The Labute approximate surface area is 215 Å². The van der Waals surface area contributed by atoms with Gasteiger partial charge in [0.15, 0.2) is 0 Å². The summed E-state index contributed by atoms with van der Waals surface area (Å²) in [7, 11) is -2.46. The largest absolute Gasteiger partial charge is 0.337 e. The normalized spacial score (nSPS) is 18.7. The average molecular weight is 543 g/mol. The molecule has 0 bridgehead atoms. The van der Waals surface area contributed by atoms with E-state index in [-0.39, 0.29) is 10.5 Å². The molecule has 12 heteroatoms. The summed E-state index contributed by atoms with van der Waals surface area (Å²) >= 11 is 2.79. The molecule has 0 spiro atoms. The lowest BCUT2D eigenvalue weighted by Gasteiger charge is -2.15. The zero-order chi connectivity index (χ0) is 25.9. The number of amides is 1. The first kappa shape index (κ1) is 24.5. The van der Waals surface area contributed by atoms with Crippen molar-refractivity contribution >= 4 is 66.8 Å². The molecule has 1 N–H and O–H groups in total. The zero-order valence-electron chi connectivity index (χ0n) is 19.8. The van der Waals surface area contributed by atoms with Crippen LogP contribution in [0.25, 0.3) is 10.6 Å². The van der Waals surface area contributed by atoms with E-state index in [9.17, 15) is 22.6 Å². The zero-order valence-corrected chi connectivity index (χ0v) is 22.3. The first-order valence-electron chi connectivity index (χ1n) is 11.0. The van der Waals surface area contributed by atoms with Crippen molar-refractivity contribution in [1.82, 2.24) is 4.57 Å². The van der Waals surface area contributed by atoms with Crippen LogP contribution in [0.15, 0.2) is 62.2 Å². The van der Waals surface area contributed by atoms with Crippen LogP contribution in [0.4, 0.5) is 11.4 Å². The number of thioether (sulfide) groups is 1. The number of carbonyl (C=O) groups is 1. The maximum Gasteiger partial charge on any atom is 0.294 e. The molecule has 1 aromatic heterocycles. The fourth-order valence-electron chi connectivity index (χ4n) is 4.26. The summed E-state index contributed by atoms with van der Waals surface area (Å²) in [6, 6.07) is 11.9. The highest BCUT2D eigenvalue weighted by atomic mass is 32.2. The number of anilines is 2. The lowest BCUT2D eigenvalue weighted by Crippen LogP contribution is -2.35. The third-order valence-corrected chi connectivity index (χ3v) is 9.46. The van der Waals surface area contributed by atoms with E-state index in [4.69, 9.17) is 0 Å². The molecule has 0 aliphatic carbocycles. The molecule has 0 saturated heterocycles. The molecule has 0 saturated carbocycles. The van der Waals surface area contributed by atoms with Gasteiger partial charge in [-0.05, 0) is 56.7 Å². The number of nitrogens with zero attached hydrogens (tertiary/aromatic N) is 4. The molecule has 5 rings (SSSR count). The van der Waals surface area contributed by atoms with E-state index in [1.807, 2.05) is 43.1 Å². The van der Waals surface area contributed by atoms with Crippen molar-refractivity contribution in [2.45, 2.75) is 37.1 Å². The summed E-state index contributed by atoms with van der Waals surface area (Å²) in [5.74, 6) is -0.411. The van der Waals surface area contributed by atoms with Crippen LogP contribution in [-0.4, -0.2) is 36.2 Å². The first-order chi connectivity index (χ1) is 17.0. The predicted octanol–water partition coefficient (Wildman–Crippen LogP) is 2.37. The lowest BCUT2D eigenvalue weighted by molar-refractivity contribution is -0.112. The van der Waals surface area contributed by atoms with E-state index in [0.29, 0.717) is 38.3 Å². The summed E-state index contributed by atoms with van der Waals surface area (Å²) in [6.45, 7) is 5.57. The van der Waals surface area contributed by atoms with Gasteiger partial charge in [0, 0.05) is 18.5 Å². The van der Waals surface area contributed by atoms with Gasteiger partial charge < -0.3 is 4.90 Å². The van der Waals surface area contributed by atoms with Gasteiger partial charge in [-0.3, -0.25) is 18.7 Å². The molecule has 2 aliphatic heterocycles. The van der Waals surface area contributed by atoms with E-state index in [1.165, 1.54) is 46.3 Å². The molecular weight excluding hydrogens is 520 g/mol. The minimum Gasteiger partial charge on any atom is -0.337 e. The highest BCUT2D eigenvalue weighted by Gasteiger charge is 2.33. The van der Waals surface area contributed by atoms with Crippen LogP contribution in [0.5, 0.6) is 0 Å². The van der Waals surface area contributed by atoms with Crippen molar-refractivity contribution in [3.05, 3.63) is 67.6 Å². The molecule has 0 atom stereocenters. The Balaban J connectivity index is 1.67. The maximum absolute atomic E-state index is 13.6. The second-order valence-electron chi connectivity index (χ2n) is 8.32. The molecule has 1 amide bonds. The fraction of sp³-hybridized carbons (Fsp3) is 0.208. The van der Waals surface area contributed by atoms with Crippen LogP contribution in [0.2, 0.25) is 0 Å². The van der Waals surface area contributed by atoms with E-state index in [2.05, 4.69) is 5.10 Å². The SMILES string of the molecule is CCn1c(=C2C(=O)N(c3ccc(S(=O)(=O)O)cc3C)N=C2C)sc(=C2Sc3ccccc3N2C)c1=O. The second-order valence-corrected chi connectivity index (χ2v) is 11.8. The third kappa shape index (κ3) is 3.81. The molecule has 3 aromatic rings. The van der Waals surface area contributed by atoms with Crippen molar-refractivity contribution < 1.29 is 17.8 Å². The molecule has 36 heavy (non-hydrogen) atoms. The third-order valence-electron chi connectivity index (χ3n) is 6.06. The van der Waals surface area contributed by atoms with Crippen molar-refractivity contribution in [2.24, 2.45) is 5.10 Å². The standard InChI is InChI=1S/C24H22N4O5S3/c1-5-27-22(30)20(24-26(4)17-8-6-7-9-18(17)34-24)35-23(27)19-14(3)25-28(21(19)29)16-11-10-15(12-13(16)2)36(31,32)33/h6-12H,5H2,1-4H3,(H,31,32,33). The van der Waals surface area contributed by atoms with Crippen molar-refractivity contribution in [1.29, 1.82) is 0 Å². The Morgan fingerprint density at radius 1 is 1.06 bits per heavy atom. The number of hydrogen-bond acceptors (Lipinski definition) is 8. The molecule has 2 aromatic carbocycles. The number of carbonyl (C=O) groups excluding carboxylic acids is 1. The van der Waals surface area contributed by atoms with Crippen LogP contribution < -0.4 is 24.7 Å². The second kappa shape index (κ2) is 8.73. The Bertz CT molecular complexity index is 1770. The number of aromatic nitrogens is 1. The number of benzene rings is 2. The fourth-order valence-corrected chi connectivity index (χ4v) is 7.43. The molecule has 3 heterocycles. The Morgan fingerprint density at radius 3 is 2.42 bits per heavy atom. The van der Waals surface area contributed by atoms with Crippen LogP contribution in [-0.2, 0) is 21.5 Å².